The number of nitrogens with one attached hydrogen (secondary N) is 2. The molecule has 2 rings (SSSR count). The number of aryl methyl sites for hydroxylation is 1. The van der Waals surface area contributed by atoms with Gasteiger partial charge < -0.3 is 25.0 Å². The Hall–Kier alpha value is -2.63. The molecule has 0 aromatic heterocycles. The molecule has 1 heterocycles. The lowest BCUT2D eigenvalue weighted by Crippen LogP contribution is -2.34. The summed E-state index contributed by atoms with van der Waals surface area (Å²) >= 11 is 0. The van der Waals surface area contributed by atoms with Crippen LogP contribution in [0.1, 0.15) is 12.5 Å². The number of esters is 1. The summed E-state index contributed by atoms with van der Waals surface area (Å²) in [4.78, 5) is 28.2. The van der Waals surface area contributed by atoms with Crippen molar-refractivity contribution in [3.63, 3.8) is 0 Å². The molecule has 0 aliphatic carbocycles. The number of aliphatic hydroxyl groups excluding tert-OH is 1. The Morgan fingerprint density at radius 1 is 1.35 bits per heavy atom. The van der Waals surface area contributed by atoms with E-state index in [-0.39, 0.29) is 43.4 Å². The number of benzene rings is 1. The second kappa shape index (κ2) is 10.6. The molecule has 31 heavy (non-hydrogen) atoms. The van der Waals surface area contributed by atoms with Crippen molar-refractivity contribution in [3.05, 3.63) is 35.0 Å². The van der Waals surface area contributed by atoms with E-state index in [2.05, 4.69) is 10.0 Å². The maximum atomic E-state index is 12.7. The molecule has 172 valence electrons. The zero-order chi connectivity index (χ0) is 23.2. The number of carbonyl (C=O) groups excluding carboxylic acids is 2. The third kappa shape index (κ3) is 6.42. The summed E-state index contributed by atoms with van der Waals surface area (Å²) in [6.07, 6.45) is 1.12. The van der Waals surface area contributed by atoms with E-state index < -0.39 is 16.0 Å². The average molecular weight is 455 g/mol. The molecule has 1 aromatic carbocycles. The molecule has 0 fully saturated rings. The van der Waals surface area contributed by atoms with Crippen molar-refractivity contribution in [2.75, 3.05) is 62.9 Å². The highest BCUT2D eigenvalue weighted by Gasteiger charge is 2.34. The van der Waals surface area contributed by atoms with E-state index in [4.69, 9.17) is 9.84 Å². The first-order valence-corrected chi connectivity index (χ1v) is 11.8. The molecule has 1 aliphatic heterocycles. The standard InChI is InChI=1S/C20H30N4O6S/c1-5-23(9-8-21-31(4,28)29)15-6-7-17(14(2)12-15)22-18-16(20(27)30-3)13-24(10-11-25)19(18)26/h6-7,12,21-22,25H,5,8-11,13H2,1-4H3. The predicted molar refractivity (Wildman–Crippen MR) is 118 cm³/mol. The van der Waals surface area contributed by atoms with Gasteiger partial charge in [-0.2, -0.15) is 0 Å². The Bertz CT molecular complexity index is 960. The molecule has 1 amide bonds. The number of aliphatic hydroxyl groups is 1. The van der Waals surface area contributed by atoms with Gasteiger partial charge in [-0.1, -0.05) is 0 Å². The number of methoxy groups -OCH3 is 1. The van der Waals surface area contributed by atoms with Gasteiger partial charge >= 0.3 is 5.97 Å². The number of β-amino-alcohol motifs (C(OH)–C–C–N with tert-alkyl or cyclic N) is 1. The summed E-state index contributed by atoms with van der Waals surface area (Å²) in [6, 6.07) is 5.60. The van der Waals surface area contributed by atoms with Gasteiger partial charge in [-0.15, -0.1) is 0 Å². The summed E-state index contributed by atoms with van der Waals surface area (Å²) in [5.41, 5.74) is 2.76. The number of anilines is 2. The lowest BCUT2D eigenvalue weighted by molar-refractivity contribution is -0.136. The second-order valence-corrected chi connectivity index (χ2v) is 9.00. The Balaban J connectivity index is 2.21. The Morgan fingerprint density at radius 2 is 2.06 bits per heavy atom. The van der Waals surface area contributed by atoms with Gasteiger partial charge in [0.15, 0.2) is 0 Å². The molecular formula is C20H30N4O6S. The lowest BCUT2D eigenvalue weighted by atomic mass is 10.1. The van der Waals surface area contributed by atoms with Gasteiger partial charge in [-0.05, 0) is 37.6 Å². The van der Waals surface area contributed by atoms with E-state index in [0.29, 0.717) is 18.8 Å². The first-order valence-electron chi connectivity index (χ1n) is 9.90. The summed E-state index contributed by atoms with van der Waals surface area (Å²) in [5.74, 6) is -0.971. The maximum absolute atomic E-state index is 12.7. The van der Waals surface area contributed by atoms with Crippen molar-refractivity contribution in [1.82, 2.24) is 9.62 Å². The topological polar surface area (TPSA) is 128 Å². The second-order valence-electron chi connectivity index (χ2n) is 7.17. The molecule has 0 spiro atoms. The van der Waals surface area contributed by atoms with Crippen LogP contribution in [0.2, 0.25) is 0 Å². The number of nitrogens with zero attached hydrogens (tertiary/aromatic N) is 2. The predicted octanol–water partition coefficient (Wildman–Crippen LogP) is 0.0440. The van der Waals surface area contributed by atoms with Crippen LogP contribution in [0, 0.1) is 6.92 Å². The smallest absolute Gasteiger partial charge is 0.337 e. The van der Waals surface area contributed by atoms with Crippen molar-refractivity contribution < 1.29 is 27.9 Å². The van der Waals surface area contributed by atoms with Crippen LogP contribution in [0.25, 0.3) is 0 Å². The largest absolute Gasteiger partial charge is 0.466 e. The van der Waals surface area contributed by atoms with Gasteiger partial charge in [0.05, 0.1) is 32.1 Å². The molecule has 0 bridgehead atoms. The van der Waals surface area contributed by atoms with Crippen molar-refractivity contribution in [3.8, 4) is 0 Å². The van der Waals surface area contributed by atoms with Gasteiger partial charge in [-0.3, -0.25) is 4.79 Å². The SMILES string of the molecule is CCN(CCNS(C)(=O)=O)c1ccc(NC2=C(C(=O)OC)CN(CCO)C2=O)c(C)c1. The summed E-state index contributed by atoms with van der Waals surface area (Å²) in [6.45, 7) is 5.31. The van der Waals surface area contributed by atoms with Crippen LogP contribution < -0.4 is 14.9 Å². The van der Waals surface area contributed by atoms with Gasteiger partial charge in [-0.25, -0.2) is 17.9 Å². The molecular weight excluding hydrogens is 424 g/mol. The van der Waals surface area contributed by atoms with E-state index in [0.717, 1.165) is 17.5 Å². The van der Waals surface area contributed by atoms with Crippen molar-refractivity contribution >= 4 is 33.3 Å². The zero-order valence-corrected chi connectivity index (χ0v) is 19.1. The van der Waals surface area contributed by atoms with Crippen molar-refractivity contribution in [2.24, 2.45) is 0 Å². The number of hydrogen-bond donors (Lipinski definition) is 3. The molecule has 0 saturated carbocycles. The monoisotopic (exact) mass is 454 g/mol. The van der Waals surface area contributed by atoms with Crippen LogP contribution in [0.3, 0.4) is 0 Å². The first-order chi connectivity index (χ1) is 14.6. The highest BCUT2D eigenvalue weighted by atomic mass is 32.2. The van der Waals surface area contributed by atoms with Gasteiger partial charge in [0.25, 0.3) is 5.91 Å². The van der Waals surface area contributed by atoms with Crippen LogP contribution in [0.4, 0.5) is 11.4 Å². The molecule has 0 atom stereocenters. The van der Waals surface area contributed by atoms with Gasteiger partial charge in [0, 0.05) is 37.6 Å². The lowest BCUT2D eigenvalue weighted by Gasteiger charge is -2.24. The van der Waals surface area contributed by atoms with Gasteiger partial charge in [0.1, 0.15) is 5.70 Å². The van der Waals surface area contributed by atoms with E-state index in [1.165, 1.54) is 12.0 Å². The average Bonchev–Trinajstić information content (AvgIpc) is 3.01. The molecule has 3 N–H and O–H groups in total. The van der Waals surface area contributed by atoms with Crippen LogP contribution in [-0.2, 0) is 24.3 Å². The number of likely N-dealkylation sites (N-methyl/N-ethyl adjacent to an activating group) is 1. The number of hydrogen-bond acceptors (Lipinski definition) is 8. The fourth-order valence-electron chi connectivity index (χ4n) is 3.30. The Labute approximate surface area is 182 Å². The fourth-order valence-corrected chi connectivity index (χ4v) is 3.77. The minimum Gasteiger partial charge on any atom is -0.466 e. The van der Waals surface area contributed by atoms with Crippen LogP contribution >= 0.6 is 0 Å². The van der Waals surface area contributed by atoms with Crippen LogP contribution in [0.15, 0.2) is 29.5 Å². The van der Waals surface area contributed by atoms with Crippen LogP contribution in [-0.4, -0.2) is 83.0 Å². The molecule has 0 saturated heterocycles. The molecule has 11 heteroatoms. The maximum Gasteiger partial charge on any atom is 0.337 e. The van der Waals surface area contributed by atoms with Crippen molar-refractivity contribution in [1.29, 1.82) is 0 Å². The Morgan fingerprint density at radius 3 is 2.61 bits per heavy atom. The quantitative estimate of drug-likeness (QED) is 0.400. The summed E-state index contributed by atoms with van der Waals surface area (Å²) < 4.78 is 29.8. The van der Waals surface area contributed by atoms with E-state index in [1.54, 1.807) is 6.07 Å². The Kier molecular flexibility index (Phi) is 8.43. The number of ether oxygens (including phenoxy) is 1. The molecule has 0 unspecified atom stereocenters. The zero-order valence-electron chi connectivity index (χ0n) is 18.3. The highest BCUT2D eigenvalue weighted by Crippen LogP contribution is 2.27. The fraction of sp³-hybridized carbons (Fsp3) is 0.500. The van der Waals surface area contributed by atoms with E-state index in [1.807, 2.05) is 30.9 Å². The van der Waals surface area contributed by atoms with Crippen LogP contribution in [0.5, 0.6) is 0 Å². The van der Waals surface area contributed by atoms with Gasteiger partial charge in [0.2, 0.25) is 10.0 Å². The number of carbonyl (C=O) groups is 2. The van der Waals surface area contributed by atoms with Crippen molar-refractivity contribution in [2.45, 2.75) is 13.8 Å². The minimum atomic E-state index is -3.25. The van der Waals surface area contributed by atoms with E-state index in [9.17, 15) is 18.0 Å². The first kappa shape index (κ1) is 24.6. The summed E-state index contributed by atoms with van der Waals surface area (Å²) in [5, 5.41) is 12.2. The normalized spacial score (nSPS) is 14.2. The number of amides is 1. The number of rotatable bonds is 11. The third-order valence-corrected chi connectivity index (χ3v) is 5.64. The third-order valence-electron chi connectivity index (χ3n) is 4.92. The highest BCUT2D eigenvalue weighted by molar-refractivity contribution is 7.88. The number of sulfonamides is 1. The molecule has 1 aromatic rings. The molecule has 10 nitrogen and oxygen atoms in total. The molecule has 0 radical (unpaired) electrons. The minimum absolute atomic E-state index is 0.0719. The molecule has 1 aliphatic rings. The van der Waals surface area contributed by atoms with E-state index >= 15 is 0 Å². The summed E-state index contributed by atoms with van der Waals surface area (Å²) in [7, 11) is -1.99.